The van der Waals surface area contributed by atoms with Crippen molar-refractivity contribution in [2.24, 2.45) is 0 Å². The lowest BCUT2D eigenvalue weighted by Gasteiger charge is -2.12. The highest BCUT2D eigenvalue weighted by Gasteiger charge is 2.18. The molecule has 2 aromatic carbocycles. The van der Waals surface area contributed by atoms with Gasteiger partial charge in [0.1, 0.15) is 0 Å². The molecule has 7 nitrogen and oxygen atoms in total. The molecule has 0 aliphatic heterocycles. The number of amides is 2. The van der Waals surface area contributed by atoms with Crippen molar-refractivity contribution in [2.75, 3.05) is 5.32 Å². The first-order valence-corrected chi connectivity index (χ1v) is 11.6. The fourth-order valence-electron chi connectivity index (χ4n) is 3.98. The number of nitrogens with one attached hydrogen (secondary N) is 2. The van der Waals surface area contributed by atoms with E-state index in [1.165, 1.54) is 18.4 Å². The Bertz CT molecular complexity index is 1080. The Balaban J connectivity index is 1.26. The van der Waals surface area contributed by atoms with Crippen molar-refractivity contribution >= 4 is 17.5 Å². The molecule has 0 radical (unpaired) electrons. The van der Waals surface area contributed by atoms with Crippen LogP contribution in [0.4, 0.5) is 5.69 Å². The first-order valence-electron chi connectivity index (χ1n) is 11.6. The van der Waals surface area contributed by atoms with E-state index in [1.54, 1.807) is 24.3 Å². The number of aromatic nitrogens is 2. The molecule has 1 aromatic heterocycles. The Hall–Kier alpha value is -3.48. The van der Waals surface area contributed by atoms with E-state index in [1.807, 2.05) is 12.1 Å². The summed E-state index contributed by atoms with van der Waals surface area (Å²) in [6.45, 7) is 4.30. The third kappa shape index (κ3) is 6.06. The second-order valence-corrected chi connectivity index (χ2v) is 8.87. The Labute approximate surface area is 194 Å². The van der Waals surface area contributed by atoms with Gasteiger partial charge >= 0.3 is 0 Å². The third-order valence-corrected chi connectivity index (χ3v) is 5.99. The van der Waals surface area contributed by atoms with Gasteiger partial charge < -0.3 is 15.2 Å². The summed E-state index contributed by atoms with van der Waals surface area (Å²) in [5.74, 6) is 1.19. The molecule has 2 N–H and O–H groups in total. The SMILES string of the molecule is CC(C)c1ccc(-c2noc(CCC(=O)Nc3ccc(C(=O)NC4CCCC4)cc3)n2)cc1. The Morgan fingerprint density at radius 2 is 1.73 bits per heavy atom. The van der Waals surface area contributed by atoms with Crippen LogP contribution in [0.5, 0.6) is 0 Å². The van der Waals surface area contributed by atoms with Crippen molar-refractivity contribution in [3.63, 3.8) is 0 Å². The van der Waals surface area contributed by atoms with Gasteiger partial charge in [-0.25, -0.2) is 0 Å². The van der Waals surface area contributed by atoms with E-state index in [9.17, 15) is 9.59 Å². The van der Waals surface area contributed by atoms with Crippen LogP contribution in [-0.4, -0.2) is 28.0 Å². The summed E-state index contributed by atoms with van der Waals surface area (Å²) in [6.07, 6.45) is 5.01. The van der Waals surface area contributed by atoms with Crippen molar-refractivity contribution in [3.05, 3.63) is 65.5 Å². The molecule has 1 fully saturated rings. The Kier molecular flexibility index (Phi) is 7.17. The number of anilines is 1. The molecule has 172 valence electrons. The second kappa shape index (κ2) is 10.4. The maximum Gasteiger partial charge on any atom is 0.251 e. The molecule has 1 saturated carbocycles. The normalized spacial score (nSPS) is 13.9. The van der Waals surface area contributed by atoms with Crippen LogP contribution in [0.2, 0.25) is 0 Å². The Morgan fingerprint density at radius 1 is 1.03 bits per heavy atom. The molecule has 0 atom stereocenters. The minimum Gasteiger partial charge on any atom is -0.349 e. The number of hydrogen-bond acceptors (Lipinski definition) is 5. The van der Waals surface area contributed by atoms with Crippen molar-refractivity contribution in [1.29, 1.82) is 0 Å². The summed E-state index contributed by atoms with van der Waals surface area (Å²) in [6, 6.07) is 15.3. The molecule has 2 amide bonds. The van der Waals surface area contributed by atoms with Crippen LogP contribution in [0.15, 0.2) is 53.1 Å². The van der Waals surface area contributed by atoms with Crippen molar-refractivity contribution in [2.45, 2.75) is 64.3 Å². The third-order valence-electron chi connectivity index (χ3n) is 5.99. The van der Waals surface area contributed by atoms with Crippen LogP contribution in [-0.2, 0) is 11.2 Å². The largest absolute Gasteiger partial charge is 0.349 e. The lowest BCUT2D eigenvalue weighted by molar-refractivity contribution is -0.116. The van der Waals surface area contributed by atoms with Crippen molar-refractivity contribution < 1.29 is 14.1 Å². The predicted octanol–water partition coefficient (Wildman–Crippen LogP) is 5.10. The highest BCUT2D eigenvalue weighted by atomic mass is 16.5. The quantitative estimate of drug-likeness (QED) is 0.501. The van der Waals surface area contributed by atoms with Gasteiger partial charge in [0.25, 0.3) is 5.91 Å². The highest BCUT2D eigenvalue weighted by Crippen LogP contribution is 2.21. The van der Waals surface area contributed by atoms with E-state index in [-0.39, 0.29) is 24.3 Å². The summed E-state index contributed by atoms with van der Waals surface area (Å²) in [7, 11) is 0. The molecule has 0 spiro atoms. The molecule has 0 unspecified atom stereocenters. The molecular weight excluding hydrogens is 416 g/mol. The zero-order chi connectivity index (χ0) is 23.2. The molecular formula is C26H30N4O3. The maximum atomic E-state index is 12.3. The van der Waals surface area contributed by atoms with Gasteiger partial charge in [-0.05, 0) is 48.6 Å². The minimum absolute atomic E-state index is 0.0641. The first kappa shape index (κ1) is 22.7. The zero-order valence-corrected chi connectivity index (χ0v) is 19.1. The monoisotopic (exact) mass is 446 g/mol. The summed E-state index contributed by atoms with van der Waals surface area (Å²) in [5.41, 5.74) is 3.38. The van der Waals surface area contributed by atoms with Gasteiger partial charge in [0.2, 0.25) is 17.6 Å². The molecule has 7 heteroatoms. The standard InChI is InChI=1S/C26H30N4O3/c1-17(2)18-7-9-19(10-8-18)25-29-24(33-30-25)16-15-23(31)27-22-13-11-20(12-14-22)26(32)28-21-5-3-4-6-21/h7-14,17,21H,3-6,15-16H2,1-2H3,(H,27,31)(H,28,32). The molecule has 33 heavy (non-hydrogen) atoms. The fourth-order valence-corrected chi connectivity index (χ4v) is 3.98. The number of carbonyl (C=O) groups is 2. The number of nitrogens with zero attached hydrogens (tertiary/aromatic N) is 2. The van der Waals surface area contributed by atoms with Gasteiger partial charge in [-0.2, -0.15) is 4.98 Å². The van der Waals surface area contributed by atoms with Crippen LogP contribution < -0.4 is 10.6 Å². The molecule has 1 aliphatic carbocycles. The van der Waals surface area contributed by atoms with E-state index >= 15 is 0 Å². The fraction of sp³-hybridized carbons (Fsp3) is 0.385. The van der Waals surface area contributed by atoms with E-state index < -0.39 is 0 Å². The summed E-state index contributed by atoms with van der Waals surface area (Å²) in [5, 5.41) is 9.94. The lowest BCUT2D eigenvalue weighted by Crippen LogP contribution is -2.32. The molecule has 1 aliphatic rings. The number of hydrogen-bond donors (Lipinski definition) is 2. The van der Waals surface area contributed by atoms with Crippen molar-refractivity contribution in [3.8, 4) is 11.4 Å². The number of benzene rings is 2. The van der Waals surface area contributed by atoms with E-state index in [2.05, 4.69) is 46.8 Å². The van der Waals surface area contributed by atoms with Crippen LogP contribution in [0.25, 0.3) is 11.4 Å². The average molecular weight is 447 g/mol. The lowest BCUT2D eigenvalue weighted by atomic mass is 10.0. The molecule has 4 rings (SSSR count). The number of rotatable bonds is 8. The van der Waals surface area contributed by atoms with Crippen LogP contribution in [0.3, 0.4) is 0 Å². The first-order chi connectivity index (χ1) is 16.0. The second-order valence-electron chi connectivity index (χ2n) is 8.87. The number of aryl methyl sites for hydroxylation is 1. The van der Waals surface area contributed by atoms with Gasteiger partial charge in [0.05, 0.1) is 0 Å². The van der Waals surface area contributed by atoms with Crippen LogP contribution in [0, 0.1) is 0 Å². The number of carbonyl (C=O) groups excluding carboxylic acids is 2. The van der Waals surface area contributed by atoms with Gasteiger partial charge in [-0.3, -0.25) is 9.59 Å². The average Bonchev–Trinajstić information content (AvgIpc) is 3.50. The molecule has 1 heterocycles. The topological polar surface area (TPSA) is 97.1 Å². The molecule has 3 aromatic rings. The van der Waals surface area contributed by atoms with Gasteiger partial charge in [-0.1, -0.05) is 56.1 Å². The Morgan fingerprint density at radius 3 is 2.39 bits per heavy atom. The maximum absolute atomic E-state index is 12.3. The predicted molar refractivity (Wildman–Crippen MR) is 127 cm³/mol. The van der Waals surface area contributed by atoms with Gasteiger partial charge in [0.15, 0.2) is 0 Å². The minimum atomic E-state index is -0.154. The van der Waals surface area contributed by atoms with Gasteiger partial charge in [0, 0.05) is 35.7 Å². The van der Waals surface area contributed by atoms with Crippen molar-refractivity contribution in [1.82, 2.24) is 15.5 Å². The van der Waals surface area contributed by atoms with E-state index in [0.717, 1.165) is 18.4 Å². The summed E-state index contributed by atoms with van der Waals surface area (Å²) >= 11 is 0. The van der Waals surface area contributed by atoms with Crippen LogP contribution >= 0.6 is 0 Å². The highest BCUT2D eigenvalue weighted by molar-refractivity contribution is 5.96. The van der Waals surface area contributed by atoms with Crippen LogP contribution in [0.1, 0.15) is 73.7 Å². The molecule has 0 bridgehead atoms. The summed E-state index contributed by atoms with van der Waals surface area (Å²) < 4.78 is 5.31. The smallest absolute Gasteiger partial charge is 0.251 e. The summed E-state index contributed by atoms with van der Waals surface area (Å²) in [4.78, 5) is 29.1. The molecule has 0 saturated heterocycles. The van der Waals surface area contributed by atoms with E-state index in [0.29, 0.717) is 35.3 Å². The van der Waals surface area contributed by atoms with Gasteiger partial charge in [-0.15, -0.1) is 0 Å². The zero-order valence-electron chi connectivity index (χ0n) is 19.1. The van der Waals surface area contributed by atoms with E-state index in [4.69, 9.17) is 4.52 Å².